The molecule has 1 aromatic heterocycles. The average Bonchev–Trinajstić information content (AvgIpc) is 2.78. The molecule has 180 valence electrons. The van der Waals surface area contributed by atoms with Crippen LogP contribution in [0.15, 0.2) is 24.4 Å². The summed E-state index contributed by atoms with van der Waals surface area (Å²) in [5.74, 6) is 0.926. The molecule has 0 spiro atoms. The summed E-state index contributed by atoms with van der Waals surface area (Å²) in [5, 5.41) is 12.2. The number of carboxylic acids is 1. The molecule has 2 aromatic rings. The van der Waals surface area contributed by atoms with Gasteiger partial charge in [0.05, 0.1) is 23.6 Å². The number of ether oxygens (including phenoxy) is 1. The number of aliphatic carboxylic acids is 1. The molecule has 1 saturated carbocycles. The summed E-state index contributed by atoms with van der Waals surface area (Å²) >= 11 is 8.56. The van der Waals surface area contributed by atoms with E-state index in [1.807, 2.05) is 18.2 Å². The van der Waals surface area contributed by atoms with Gasteiger partial charge >= 0.3 is 5.97 Å². The minimum absolute atomic E-state index is 0.130. The Morgan fingerprint density at radius 1 is 1.39 bits per heavy atom. The third-order valence-electron chi connectivity index (χ3n) is 7.26. The van der Waals surface area contributed by atoms with Crippen LogP contribution in [0.2, 0.25) is 5.02 Å². The first-order valence-corrected chi connectivity index (χ1v) is 13.3. The molecule has 2 aliphatic rings. The average molecular weight is 492 g/mol. The second-order valence-electron chi connectivity index (χ2n) is 9.30. The number of piperidine rings is 1. The minimum atomic E-state index is -0.693. The Kier molecular flexibility index (Phi) is 8.38. The highest BCUT2D eigenvalue weighted by molar-refractivity contribution is 7.99. The molecule has 1 aliphatic carbocycles. The van der Waals surface area contributed by atoms with Gasteiger partial charge < -0.3 is 20.5 Å². The van der Waals surface area contributed by atoms with Crippen molar-refractivity contribution in [2.24, 2.45) is 17.6 Å². The fourth-order valence-corrected chi connectivity index (χ4v) is 6.65. The standard InChI is InChI=1S/C25H34ClN3O3S/c1-32-17-6-8-23-19(13-17)24(21(26)14-28-23)22(27)7-5-16-9-10-29(15-20(16)25(30)31)11-12-33-18-3-2-4-18/h6,8,13-14,16,18,20,22H,2-5,7,9-12,15,27H2,1H3,(H,30,31)/t16?,20?,22-/m1/s1. The third kappa shape index (κ3) is 5.94. The van der Waals surface area contributed by atoms with Gasteiger partial charge in [-0.1, -0.05) is 18.0 Å². The van der Waals surface area contributed by atoms with Crippen LogP contribution in [-0.2, 0) is 4.79 Å². The largest absolute Gasteiger partial charge is 0.497 e. The smallest absolute Gasteiger partial charge is 0.308 e. The number of nitrogens with zero attached hydrogens (tertiary/aromatic N) is 2. The zero-order valence-corrected chi connectivity index (χ0v) is 20.8. The van der Waals surface area contributed by atoms with E-state index in [1.165, 1.54) is 19.3 Å². The van der Waals surface area contributed by atoms with Crippen LogP contribution in [0.5, 0.6) is 5.75 Å². The molecule has 4 rings (SSSR count). The fraction of sp³-hybridized carbons (Fsp3) is 0.600. The number of halogens is 1. The molecule has 1 saturated heterocycles. The fourth-order valence-electron chi connectivity index (χ4n) is 4.99. The number of likely N-dealkylation sites (tertiary alicyclic amines) is 1. The highest BCUT2D eigenvalue weighted by atomic mass is 35.5. The molecule has 0 amide bonds. The molecular weight excluding hydrogens is 458 g/mol. The Morgan fingerprint density at radius 2 is 2.21 bits per heavy atom. The van der Waals surface area contributed by atoms with Crippen molar-refractivity contribution in [3.05, 3.63) is 35.0 Å². The van der Waals surface area contributed by atoms with Crippen LogP contribution < -0.4 is 10.5 Å². The van der Waals surface area contributed by atoms with E-state index in [1.54, 1.807) is 13.3 Å². The van der Waals surface area contributed by atoms with Crippen LogP contribution in [-0.4, -0.2) is 58.7 Å². The predicted molar refractivity (Wildman–Crippen MR) is 135 cm³/mol. The number of aromatic nitrogens is 1. The lowest BCUT2D eigenvalue weighted by molar-refractivity contribution is -0.146. The maximum Gasteiger partial charge on any atom is 0.308 e. The Balaban J connectivity index is 1.37. The number of hydrogen-bond acceptors (Lipinski definition) is 6. The molecule has 3 N–H and O–H groups in total. The van der Waals surface area contributed by atoms with E-state index in [-0.39, 0.29) is 17.9 Å². The molecule has 8 heteroatoms. The summed E-state index contributed by atoms with van der Waals surface area (Å²) in [6.45, 7) is 2.58. The number of nitrogens with two attached hydrogens (primary N) is 1. The molecule has 33 heavy (non-hydrogen) atoms. The SMILES string of the molecule is COc1ccc2ncc(Cl)c([C@H](N)CCC3CCN(CCSC4CCC4)CC3C(=O)O)c2c1. The lowest BCUT2D eigenvalue weighted by atomic mass is 9.81. The van der Waals surface area contributed by atoms with Crippen LogP contribution in [0.25, 0.3) is 10.9 Å². The summed E-state index contributed by atoms with van der Waals surface area (Å²) in [5.41, 5.74) is 8.30. The molecule has 0 radical (unpaired) electrons. The van der Waals surface area contributed by atoms with Crippen LogP contribution in [0.3, 0.4) is 0 Å². The Morgan fingerprint density at radius 3 is 2.91 bits per heavy atom. The van der Waals surface area contributed by atoms with Crippen molar-refractivity contribution in [2.75, 3.05) is 32.5 Å². The van der Waals surface area contributed by atoms with Crippen molar-refractivity contribution in [1.29, 1.82) is 0 Å². The lowest BCUT2D eigenvalue weighted by Gasteiger charge is -2.37. The molecule has 1 aromatic carbocycles. The van der Waals surface area contributed by atoms with Crippen molar-refractivity contribution < 1.29 is 14.6 Å². The number of carboxylic acid groups (broad SMARTS) is 1. The van der Waals surface area contributed by atoms with Crippen LogP contribution in [0, 0.1) is 11.8 Å². The second kappa shape index (κ2) is 11.3. The molecule has 3 atom stereocenters. The third-order valence-corrected chi connectivity index (χ3v) is 8.92. The predicted octanol–water partition coefficient (Wildman–Crippen LogP) is 4.99. The van der Waals surface area contributed by atoms with Crippen molar-refractivity contribution in [1.82, 2.24) is 9.88 Å². The monoisotopic (exact) mass is 491 g/mol. The number of rotatable bonds is 10. The summed E-state index contributed by atoms with van der Waals surface area (Å²) in [6, 6.07) is 5.40. The number of benzene rings is 1. The first-order valence-electron chi connectivity index (χ1n) is 11.9. The molecule has 1 aliphatic heterocycles. The van der Waals surface area contributed by atoms with Crippen LogP contribution in [0.1, 0.15) is 50.1 Å². The van der Waals surface area contributed by atoms with Crippen molar-refractivity contribution in [2.45, 2.75) is 49.8 Å². The molecule has 0 bridgehead atoms. The number of fused-ring (bicyclic) bond motifs is 1. The van der Waals surface area contributed by atoms with E-state index < -0.39 is 5.97 Å². The van der Waals surface area contributed by atoms with Crippen molar-refractivity contribution >= 4 is 40.2 Å². The van der Waals surface area contributed by atoms with Gasteiger partial charge in [0, 0.05) is 41.7 Å². The molecular formula is C25H34ClN3O3S. The van der Waals surface area contributed by atoms with E-state index in [2.05, 4.69) is 21.6 Å². The number of hydrogen-bond donors (Lipinski definition) is 2. The Hall–Kier alpha value is -1.54. The van der Waals surface area contributed by atoms with Gasteiger partial charge in [0.15, 0.2) is 0 Å². The Bertz CT molecular complexity index is 971. The van der Waals surface area contributed by atoms with Crippen molar-refractivity contribution in [3.63, 3.8) is 0 Å². The van der Waals surface area contributed by atoms with Gasteiger partial charge in [-0.3, -0.25) is 9.78 Å². The van der Waals surface area contributed by atoms with Gasteiger partial charge in [-0.2, -0.15) is 11.8 Å². The van der Waals surface area contributed by atoms with Gasteiger partial charge in [-0.05, 0) is 68.3 Å². The van der Waals surface area contributed by atoms with E-state index in [9.17, 15) is 9.90 Å². The van der Waals surface area contributed by atoms with Gasteiger partial charge in [0.25, 0.3) is 0 Å². The molecule has 2 fully saturated rings. The quantitative estimate of drug-likeness (QED) is 0.484. The first kappa shape index (κ1) is 24.6. The minimum Gasteiger partial charge on any atom is -0.497 e. The van der Waals surface area contributed by atoms with Crippen LogP contribution >= 0.6 is 23.4 Å². The van der Waals surface area contributed by atoms with E-state index in [0.717, 1.165) is 59.1 Å². The van der Waals surface area contributed by atoms with Crippen molar-refractivity contribution in [3.8, 4) is 5.75 Å². The highest BCUT2D eigenvalue weighted by Crippen LogP contribution is 2.36. The maximum absolute atomic E-state index is 12.1. The Labute approximate surface area is 205 Å². The van der Waals surface area contributed by atoms with Gasteiger partial charge in [-0.25, -0.2) is 0 Å². The van der Waals surface area contributed by atoms with Gasteiger partial charge in [0.2, 0.25) is 0 Å². The summed E-state index contributed by atoms with van der Waals surface area (Å²) in [6.07, 6.45) is 8.04. The summed E-state index contributed by atoms with van der Waals surface area (Å²) in [7, 11) is 1.63. The highest BCUT2D eigenvalue weighted by Gasteiger charge is 2.34. The zero-order valence-electron chi connectivity index (χ0n) is 19.2. The number of thioether (sulfide) groups is 1. The number of methoxy groups -OCH3 is 1. The first-order chi connectivity index (χ1) is 16.0. The van der Waals surface area contributed by atoms with E-state index in [4.69, 9.17) is 22.1 Å². The van der Waals surface area contributed by atoms with E-state index in [0.29, 0.717) is 18.0 Å². The number of pyridine rings is 1. The normalized spacial score (nSPS) is 22.8. The second-order valence-corrected chi connectivity index (χ2v) is 11.1. The maximum atomic E-state index is 12.1. The lowest BCUT2D eigenvalue weighted by Crippen LogP contribution is -2.45. The molecule has 6 nitrogen and oxygen atoms in total. The topological polar surface area (TPSA) is 88.7 Å². The van der Waals surface area contributed by atoms with Gasteiger partial charge in [-0.15, -0.1) is 0 Å². The van der Waals surface area contributed by atoms with Gasteiger partial charge in [0.1, 0.15) is 5.75 Å². The molecule has 2 heterocycles. The summed E-state index contributed by atoms with van der Waals surface area (Å²) < 4.78 is 5.37. The number of carbonyl (C=O) groups is 1. The zero-order chi connectivity index (χ0) is 23.4. The molecule has 2 unspecified atom stereocenters. The summed E-state index contributed by atoms with van der Waals surface area (Å²) in [4.78, 5) is 18.8. The van der Waals surface area contributed by atoms with Crippen LogP contribution in [0.4, 0.5) is 0 Å². The van der Waals surface area contributed by atoms with E-state index >= 15 is 0 Å².